The van der Waals surface area contributed by atoms with Gasteiger partial charge >= 0.3 is 0 Å². The zero-order chi connectivity index (χ0) is 12.0. The summed E-state index contributed by atoms with van der Waals surface area (Å²) in [6.07, 6.45) is 1.19. The summed E-state index contributed by atoms with van der Waals surface area (Å²) in [4.78, 5) is 0. The Hall–Kier alpha value is -2.84. The highest BCUT2D eigenvalue weighted by atomic mass is 19.1. The second-order valence-electron chi connectivity index (χ2n) is 2.73. The SMILES string of the molecule is N#CC(C#N)=CNc1ccc(F)c(C#N)c1. The standard InChI is InChI=1S/C11H5FN4/c12-11-2-1-10(3-9(11)6-15)16-7-8(4-13)5-14/h1-3,7,16H. The number of allylic oxidation sites excluding steroid dienone is 1. The summed E-state index contributed by atoms with van der Waals surface area (Å²) in [6, 6.07) is 8.83. The normalized spacial score (nSPS) is 8.12. The molecule has 1 aromatic rings. The molecule has 0 aromatic heterocycles. The first-order valence-corrected chi connectivity index (χ1v) is 4.18. The van der Waals surface area contributed by atoms with Gasteiger partial charge in [-0.3, -0.25) is 0 Å². The van der Waals surface area contributed by atoms with Gasteiger partial charge in [-0.1, -0.05) is 0 Å². The van der Waals surface area contributed by atoms with E-state index in [9.17, 15) is 4.39 Å². The van der Waals surface area contributed by atoms with Crippen LogP contribution in [0.4, 0.5) is 10.1 Å². The summed E-state index contributed by atoms with van der Waals surface area (Å²) in [5.74, 6) is -0.613. The third kappa shape index (κ3) is 2.57. The number of halogens is 1. The van der Waals surface area contributed by atoms with Crippen LogP contribution in [0, 0.1) is 39.8 Å². The number of nitrogens with one attached hydrogen (secondary N) is 1. The van der Waals surface area contributed by atoms with Crippen molar-refractivity contribution in [1.29, 1.82) is 15.8 Å². The maximum Gasteiger partial charge on any atom is 0.145 e. The van der Waals surface area contributed by atoms with Crippen molar-refractivity contribution in [3.05, 3.63) is 41.4 Å². The summed E-state index contributed by atoms with van der Waals surface area (Å²) < 4.78 is 12.9. The highest BCUT2D eigenvalue weighted by molar-refractivity contribution is 5.53. The first kappa shape index (κ1) is 11.2. The van der Waals surface area contributed by atoms with Crippen molar-refractivity contribution in [3.63, 3.8) is 0 Å². The van der Waals surface area contributed by atoms with Gasteiger partial charge in [0.1, 0.15) is 29.6 Å². The number of nitriles is 3. The third-order valence-corrected chi connectivity index (χ3v) is 1.71. The van der Waals surface area contributed by atoms with Crippen LogP contribution in [0.2, 0.25) is 0 Å². The fourth-order valence-corrected chi connectivity index (χ4v) is 0.946. The Bertz CT molecular complexity index is 539. The zero-order valence-electron chi connectivity index (χ0n) is 8.03. The van der Waals surface area contributed by atoms with Crippen molar-refractivity contribution in [3.8, 4) is 18.2 Å². The molecule has 0 heterocycles. The number of nitrogens with zero attached hydrogens (tertiary/aromatic N) is 3. The summed E-state index contributed by atoms with van der Waals surface area (Å²) in [6.45, 7) is 0. The van der Waals surface area contributed by atoms with Gasteiger partial charge in [-0.2, -0.15) is 15.8 Å². The van der Waals surface area contributed by atoms with Crippen LogP contribution >= 0.6 is 0 Å². The van der Waals surface area contributed by atoms with Crippen LogP contribution in [-0.4, -0.2) is 0 Å². The highest BCUT2D eigenvalue weighted by Gasteiger charge is 2.01. The Kier molecular flexibility index (Phi) is 3.61. The summed E-state index contributed by atoms with van der Waals surface area (Å²) in [5, 5.41) is 28.1. The largest absolute Gasteiger partial charge is 0.360 e. The van der Waals surface area contributed by atoms with E-state index >= 15 is 0 Å². The van der Waals surface area contributed by atoms with Gasteiger partial charge < -0.3 is 5.32 Å². The Morgan fingerprint density at radius 3 is 2.50 bits per heavy atom. The van der Waals surface area contributed by atoms with Crippen LogP contribution in [0.5, 0.6) is 0 Å². The molecule has 1 aromatic carbocycles. The summed E-state index contributed by atoms with van der Waals surface area (Å²) in [5.41, 5.74) is 0.220. The fraction of sp³-hybridized carbons (Fsp3) is 0. The van der Waals surface area contributed by atoms with Gasteiger partial charge in [0.05, 0.1) is 5.56 Å². The van der Waals surface area contributed by atoms with E-state index in [0.717, 1.165) is 6.07 Å². The van der Waals surface area contributed by atoms with Crippen LogP contribution < -0.4 is 5.32 Å². The molecule has 76 valence electrons. The van der Waals surface area contributed by atoms with Gasteiger partial charge in [0.2, 0.25) is 0 Å². The third-order valence-electron chi connectivity index (χ3n) is 1.71. The zero-order valence-corrected chi connectivity index (χ0v) is 8.03. The van der Waals surface area contributed by atoms with Gasteiger partial charge in [-0.05, 0) is 18.2 Å². The highest BCUT2D eigenvalue weighted by Crippen LogP contribution is 2.14. The molecule has 5 heteroatoms. The number of rotatable bonds is 2. The molecule has 0 unspecified atom stereocenters. The van der Waals surface area contributed by atoms with E-state index in [1.165, 1.54) is 18.3 Å². The fourth-order valence-electron chi connectivity index (χ4n) is 0.946. The monoisotopic (exact) mass is 212 g/mol. The molecular weight excluding hydrogens is 207 g/mol. The molecule has 0 spiro atoms. The lowest BCUT2D eigenvalue weighted by molar-refractivity contribution is 0.624. The molecule has 0 amide bonds. The smallest absolute Gasteiger partial charge is 0.145 e. The lowest BCUT2D eigenvalue weighted by atomic mass is 10.2. The Labute approximate surface area is 91.5 Å². The number of anilines is 1. The molecule has 0 fully saturated rings. The molecule has 0 atom stereocenters. The van der Waals surface area contributed by atoms with E-state index in [1.54, 1.807) is 18.2 Å². The van der Waals surface area contributed by atoms with Crippen LogP contribution in [0.15, 0.2) is 30.0 Å². The molecule has 0 saturated carbocycles. The van der Waals surface area contributed by atoms with Gasteiger partial charge in [0.15, 0.2) is 0 Å². The van der Waals surface area contributed by atoms with Crippen LogP contribution in [0.1, 0.15) is 5.56 Å². The first-order chi connectivity index (χ1) is 7.71. The molecule has 0 saturated heterocycles. The molecule has 0 radical (unpaired) electrons. The average Bonchev–Trinajstić information content (AvgIpc) is 2.32. The Balaban J connectivity index is 2.94. The molecule has 0 aliphatic carbocycles. The van der Waals surface area contributed by atoms with Crippen molar-refractivity contribution in [2.24, 2.45) is 0 Å². The predicted octanol–water partition coefficient (Wildman–Crippen LogP) is 2.04. The maximum atomic E-state index is 12.9. The van der Waals surface area contributed by atoms with Crippen LogP contribution in [-0.2, 0) is 0 Å². The molecule has 0 bridgehead atoms. The number of hydrogen-bond acceptors (Lipinski definition) is 4. The molecule has 4 nitrogen and oxygen atoms in total. The quantitative estimate of drug-likeness (QED) is 0.760. The minimum Gasteiger partial charge on any atom is -0.360 e. The first-order valence-electron chi connectivity index (χ1n) is 4.18. The van der Waals surface area contributed by atoms with E-state index in [2.05, 4.69) is 5.32 Å². The van der Waals surface area contributed by atoms with Gasteiger partial charge in [-0.15, -0.1) is 0 Å². The van der Waals surface area contributed by atoms with Crippen molar-refractivity contribution in [1.82, 2.24) is 0 Å². The minimum atomic E-state index is -0.613. The van der Waals surface area contributed by atoms with E-state index in [-0.39, 0.29) is 11.1 Å². The van der Waals surface area contributed by atoms with Crippen molar-refractivity contribution in [2.45, 2.75) is 0 Å². The topological polar surface area (TPSA) is 83.4 Å². The Morgan fingerprint density at radius 1 is 1.25 bits per heavy atom. The second kappa shape index (κ2) is 5.14. The molecule has 1 rings (SSSR count). The lowest BCUT2D eigenvalue weighted by Crippen LogP contribution is -1.92. The van der Waals surface area contributed by atoms with Gasteiger partial charge in [0.25, 0.3) is 0 Å². The van der Waals surface area contributed by atoms with E-state index in [4.69, 9.17) is 15.8 Å². The van der Waals surface area contributed by atoms with Crippen molar-refractivity contribution in [2.75, 3.05) is 5.32 Å². The summed E-state index contributed by atoms with van der Waals surface area (Å²) in [7, 11) is 0. The van der Waals surface area contributed by atoms with Gasteiger partial charge in [-0.25, -0.2) is 4.39 Å². The molecule has 16 heavy (non-hydrogen) atoms. The van der Waals surface area contributed by atoms with Crippen molar-refractivity contribution < 1.29 is 4.39 Å². The number of benzene rings is 1. The second-order valence-corrected chi connectivity index (χ2v) is 2.73. The lowest BCUT2D eigenvalue weighted by Gasteiger charge is -2.01. The van der Waals surface area contributed by atoms with E-state index < -0.39 is 5.82 Å². The molecule has 0 aliphatic rings. The van der Waals surface area contributed by atoms with Gasteiger partial charge in [0, 0.05) is 11.9 Å². The van der Waals surface area contributed by atoms with E-state index in [1.807, 2.05) is 0 Å². The molecule has 1 N–H and O–H groups in total. The van der Waals surface area contributed by atoms with E-state index in [0.29, 0.717) is 5.69 Å². The Morgan fingerprint density at radius 2 is 1.94 bits per heavy atom. The average molecular weight is 212 g/mol. The molecule has 0 aliphatic heterocycles. The maximum absolute atomic E-state index is 12.9. The molecular formula is C11H5FN4. The van der Waals surface area contributed by atoms with Crippen molar-refractivity contribution >= 4 is 5.69 Å². The number of hydrogen-bond donors (Lipinski definition) is 1. The van der Waals surface area contributed by atoms with Crippen LogP contribution in [0.3, 0.4) is 0 Å². The minimum absolute atomic E-state index is 0.103. The summed E-state index contributed by atoms with van der Waals surface area (Å²) >= 11 is 0. The van der Waals surface area contributed by atoms with Crippen LogP contribution in [0.25, 0.3) is 0 Å². The predicted molar refractivity (Wildman–Crippen MR) is 54.0 cm³/mol.